The van der Waals surface area contributed by atoms with Gasteiger partial charge in [0.05, 0.1) is 12.0 Å². The Bertz CT molecular complexity index is 700. The maximum atomic E-state index is 11.3. The van der Waals surface area contributed by atoms with Gasteiger partial charge in [0.15, 0.2) is 9.84 Å². The quantitative estimate of drug-likeness (QED) is 0.918. The van der Waals surface area contributed by atoms with Crippen molar-refractivity contribution in [3.8, 4) is 0 Å². The van der Waals surface area contributed by atoms with Crippen molar-refractivity contribution < 1.29 is 12.8 Å². The molecule has 0 bridgehead atoms. The predicted octanol–water partition coefficient (Wildman–Crippen LogP) is 1.83. The molecule has 0 radical (unpaired) electrons. The van der Waals surface area contributed by atoms with Crippen LogP contribution in [0.3, 0.4) is 0 Å². The molecule has 94 valence electrons. The van der Waals surface area contributed by atoms with Crippen LogP contribution in [0.5, 0.6) is 0 Å². The number of rotatable bonds is 3. The third-order valence-corrected chi connectivity index (χ3v) is 4.44. The number of sulfone groups is 1. The van der Waals surface area contributed by atoms with Crippen LogP contribution >= 0.6 is 0 Å². The predicted molar refractivity (Wildman–Crippen MR) is 69.8 cm³/mol. The van der Waals surface area contributed by atoms with Gasteiger partial charge >= 0.3 is 0 Å². The Morgan fingerprint density at radius 3 is 2.94 bits per heavy atom. The molecule has 2 heterocycles. The van der Waals surface area contributed by atoms with E-state index in [2.05, 4.69) is 5.32 Å². The first kappa shape index (κ1) is 11.5. The van der Waals surface area contributed by atoms with Crippen LogP contribution < -0.4 is 5.32 Å². The van der Waals surface area contributed by atoms with Gasteiger partial charge < -0.3 is 9.73 Å². The summed E-state index contributed by atoms with van der Waals surface area (Å²) in [5.41, 5.74) is 1.90. The molecule has 0 saturated carbocycles. The molecule has 1 aromatic heterocycles. The minimum Gasteiger partial charge on any atom is -0.464 e. The summed E-state index contributed by atoms with van der Waals surface area (Å²) in [4.78, 5) is 0. The second-order valence-electron chi connectivity index (χ2n) is 4.40. The molecule has 1 atom stereocenters. The van der Waals surface area contributed by atoms with Gasteiger partial charge in [-0.2, -0.15) is 0 Å². The molecule has 18 heavy (non-hydrogen) atoms. The van der Waals surface area contributed by atoms with Gasteiger partial charge in [-0.25, -0.2) is 8.42 Å². The standard InChI is InChI=1S/C13H13NO3S/c15-18(16)6-5-11(9-18)14-7-10-8-17-13-4-2-1-3-12(10)13/h1-6,8,11,14H,7,9H2. The first-order chi connectivity index (χ1) is 8.64. The fourth-order valence-electron chi connectivity index (χ4n) is 2.11. The minimum absolute atomic E-state index is 0.108. The SMILES string of the molecule is O=S1(=O)C=CC(NCc2coc3ccccc23)C1. The maximum absolute atomic E-state index is 11.3. The monoisotopic (exact) mass is 263 g/mol. The highest BCUT2D eigenvalue weighted by Crippen LogP contribution is 2.20. The van der Waals surface area contributed by atoms with Crippen molar-refractivity contribution >= 4 is 20.8 Å². The average molecular weight is 263 g/mol. The molecule has 1 aliphatic heterocycles. The fraction of sp³-hybridized carbons (Fsp3) is 0.231. The van der Waals surface area contributed by atoms with Crippen molar-refractivity contribution in [1.29, 1.82) is 0 Å². The molecule has 0 fully saturated rings. The van der Waals surface area contributed by atoms with E-state index < -0.39 is 9.84 Å². The first-order valence-corrected chi connectivity index (χ1v) is 7.45. The third kappa shape index (κ3) is 2.19. The van der Waals surface area contributed by atoms with Crippen LogP contribution in [0.2, 0.25) is 0 Å². The number of benzene rings is 1. The van der Waals surface area contributed by atoms with E-state index in [4.69, 9.17) is 4.42 Å². The zero-order valence-corrected chi connectivity index (χ0v) is 10.5. The van der Waals surface area contributed by atoms with Crippen LogP contribution in [0.1, 0.15) is 5.56 Å². The molecule has 0 spiro atoms. The van der Waals surface area contributed by atoms with Crippen LogP contribution in [0.15, 0.2) is 46.4 Å². The molecule has 0 saturated heterocycles. The topological polar surface area (TPSA) is 59.3 Å². The van der Waals surface area contributed by atoms with Crippen LogP contribution in [0.4, 0.5) is 0 Å². The lowest BCUT2D eigenvalue weighted by molar-refractivity contribution is 0.583. The Morgan fingerprint density at radius 1 is 1.33 bits per heavy atom. The van der Waals surface area contributed by atoms with E-state index in [0.717, 1.165) is 16.5 Å². The molecule has 2 aromatic rings. The van der Waals surface area contributed by atoms with Crippen molar-refractivity contribution in [1.82, 2.24) is 5.32 Å². The highest BCUT2D eigenvalue weighted by atomic mass is 32.2. The van der Waals surface area contributed by atoms with E-state index in [1.807, 2.05) is 24.3 Å². The molecule has 5 heteroatoms. The summed E-state index contributed by atoms with van der Waals surface area (Å²) in [5.74, 6) is 0.142. The van der Waals surface area contributed by atoms with E-state index in [1.54, 1.807) is 12.3 Å². The molecule has 3 rings (SSSR count). The molecule has 1 unspecified atom stereocenters. The molecular weight excluding hydrogens is 250 g/mol. The summed E-state index contributed by atoms with van der Waals surface area (Å²) >= 11 is 0. The molecule has 0 amide bonds. The molecular formula is C13H13NO3S. The highest BCUT2D eigenvalue weighted by molar-refractivity contribution is 7.94. The number of hydrogen-bond acceptors (Lipinski definition) is 4. The molecule has 1 aliphatic rings. The van der Waals surface area contributed by atoms with Crippen molar-refractivity contribution in [2.45, 2.75) is 12.6 Å². The maximum Gasteiger partial charge on any atom is 0.173 e. The summed E-state index contributed by atoms with van der Waals surface area (Å²) < 4.78 is 28.0. The zero-order chi connectivity index (χ0) is 12.6. The van der Waals surface area contributed by atoms with Gasteiger partial charge in [0.1, 0.15) is 5.58 Å². The van der Waals surface area contributed by atoms with E-state index in [9.17, 15) is 8.42 Å². The Hall–Kier alpha value is -1.59. The average Bonchev–Trinajstić information content (AvgIpc) is 2.90. The zero-order valence-electron chi connectivity index (χ0n) is 9.67. The lowest BCUT2D eigenvalue weighted by atomic mass is 10.1. The first-order valence-electron chi connectivity index (χ1n) is 5.73. The van der Waals surface area contributed by atoms with E-state index in [1.165, 1.54) is 5.41 Å². The number of nitrogens with one attached hydrogen (secondary N) is 1. The normalized spacial score (nSPS) is 21.7. The van der Waals surface area contributed by atoms with E-state index in [0.29, 0.717) is 6.54 Å². The van der Waals surface area contributed by atoms with Gasteiger partial charge in [-0.3, -0.25) is 0 Å². The second kappa shape index (κ2) is 4.26. The number of furan rings is 1. The van der Waals surface area contributed by atoms with Crippen LogP contribution in [0, 0.1) is 0 Å². The number of para-hydroxylation sites is 1. The van der Waals surface area contributed by atoms with E-state index >= 15 is 0 Å². The third-order valence-electron chi connectivity index (χ3n) is 3.05. The van der Waals surface area contributed by atoms with Gasteiger partial charge in [0.25, 0.3) is 0 Å². The Labute approximate surface area is 105 Å². The van der Waals surface area contributed by atoms with E-state index in [-0.39, 0.29) is 11.8 Å². The van der Waals surface area contributed by atoms with Crippen molar-refractivity contribution in [2.24, 2.45) is 0 Å². The highest BCUT2D eigenvalue weighted by Gasteiger charge is 2.21. The van der Waals surface area contributed by atoms with Crippen LogP contribution in [-0.2, 0) is 16.4 Å². The lowest BCUT2D eigenvalue weighted by Gasteiger charge is -2.08. The smallest absolute Gasteiger partial charge is 0.173 e. The van der Waals surface area contributed by atoms with Gasteiger partial charge in [0, 0.05) is 28.9 Å². The summed E-state index contributed by atoms with van der Waals surface area (Å²) in [5, 5.41) is 5.55. The van der Waals surface area contributed by atoms with Gasteiger partial charge in [-0.05, 0) is 6.07 Å². The van der Waals surface area contributed by atoms with Crippen molar-refractivity contribution in [2.75, 3.05) is 5.75 Å². The molecule has 1 aromatic carbocycles. The van der Waals surface area contributed by atoms with Crippen LogP contribution in [-0.4, -0.2) is 20.2 Å². The number of fused-ring (bicyclic) bond motifs is 1. The largest absolute Gasteiger partial charge is 0.464 e. The van der Waals surface area contributed by atoms with Crippen molar-refractivity contribution in [3.63, 3.8) is 0 Å². The van der Waals surface area contributed by atoms with Gasteiger partial charge in [-0.15, -0.1) is 0 Å². The summed E-state index contributed by atoms with van der Waals surface area (Å²) in [6.45, 7) is 0.599. The number of hydrogen-bond donors (Lipinski definition) is 1. The van der Waals surface area contributed by atoms with Gasteiger partial charge in [0.2, 0.25) is 0 Å². The summed E-state index contributed by atoms with van der Waals surface area (Å²) in [6.07, 6.45) is 3.41. The fourth-order valence-corrected chi connectivity index (χ4v) is 3.38. The summed E-state index contributed by atoms with van der Waals surface area (Å²) in [7, 11) is -3.00. The Kier molecular flexibility index (Phi) is 2.72. The summed E-state index contributed by atoms with van der Waals surface area (Å²) in [6, 6.07) is 7.69. The van der Waals surface area contributed by atoms with Crippen LogP contribution in [0.25, 0.3) is 11.0 Å². The molecule has 4 nitrogen and oxygen atoms in total. The molecule has 0 aliphatic carbocycles. The lowest BCUT2D eigenvalue weighted by Crippen LogP contribution is -2.29. The Balaban J connectivity index is 1.73. The second-order valence-corrected chi connectivity index (χ2v) is 6.33. The molecule has 1 N–H and O–H groups in total. The van der Waals surface area contributed by atoms with Crippen molar-refractivity contribution in [3.05, 3.63) is 47.6 Å². The Morgan fingerprint density at radius 2 is 2.17 bits per heavy atom. The van der Waals surface area contributed by atoms with Gasteiger partial charge in [-0.1, -0.05) is 24.3 Å². The minimum atomic E-state index is -3.00.